The zero-order valence-electron chi connectivity index (χ0n) is 13.4. The molecular weight excluding hydrogens is 354 g/mol. The van der Waals surface area contributed by atoms with Crippen LogP contribution in [-0.2, 0) is 17.2 Å². The van der Waals surface area contributed by atoms with Gasteiger partial charge < -0.3 is 9.84 Å². The number of thiazole rings is 1. The Morgan fingerprint density at radius 1 is 1.16 bits per heavy atom. The predicted octanol–water partition coefficient (Wildman–Crippen LogP) is 4.71. The van der Waals surface area contributed by atoms with Crippen LogP contribution in [0.4, 0.5) is 0 Å². The Bertz CT molecular complexity index is 833. The molecule has 1 heterocycles. The average molecular weight is 371 g/mol. The first kappa shape index (κ1) is 17.5. The molecule has 0 atom stereocenters. The second-order valence-corrected chi connectivity index (χ2v) is 7.18. The fourth-order valence-electron chi connectivity index (χ4n) is 2.23. The number of thioether (sulfide) groups is 1. The van der Waals surface area contributed by atoms with Crippen molar-refractivity contribution >= 4 is 29.1 Å². The van der Waals surface area contributed by atoms with E-state index in [-0.39, 0.29) is 5.75 Å². The zero-order valence-corrected chi connectivity index (χ0v) is 15.1. The molecule has 0 saturated heterocycles. The number of nitrogens with zero attached hydrogens (tertiary/aromatic N) is 1. The molecule has 1 N–H and O–H groups in total. The van der Waals surface area contributed by atoms with Crippen molar-refractivity contribution in [2.75, 3.05) is 5.75 Å². The molecule has 0 amide bonds. The van der Waals surface area contributed by atoms with E-state index in [2.05, 4.69) is 4.98 Å². The van der Waals surface area contributed by atoms with Gasteiger partial charge in [-0.25, -0.2) is 4.98 Å². The van der Waals surface area contributed by atoms with Gasteiger partial charge >= 0.3 is 5.97 Å². The normalized spacial score (nSPS) is 10.6. The smallest absolute Gasteiger partial charge is 0.313 e. The van der Waals surface area contributed by atoms with Crippen LogP contribution < -0.4 is 4.74 Å². The van der Waals surface area contributed by atoms with Crippen LogP contribution in [0.3, 0.4) is 0 Å². The van der Waals surface area contributed by atoms with Gasteiger partial charge in [-0.1, -0.05) is 42.5 Å². The highest BCUT2D eigenvalue weighted by Crippen LogP contribution is 2.24. The Hall–Kier alpha value is -2.31. The van der Waals surface area contributed by atoms with Gasteiger partial charge in [0.15, 0.2) is 0 Å². The summed E-state index contributed by atoms with van der Waals surface area (Å²) < 4.78 is 5.83. The minimum absolute atomic E-state index is 0.103. The van der Waals surface area contributed by atoms with Gasteiger partial charge in [-0.05, 0) is 17.7 Å². The summed E-state index contributed by atoms with van der Waals surface area (Å²) in [5.74, 6) is 0.725. The number of benzene rings is 2. The molecule has 0 spiro atoms. The summed E-state index contributed by atoms with van der Waals surface area (Å²) >= 11 is 2.98. The molecule has 0 saturated carbocycles. The first-order valence-corrected chi connectivity index (χ1v) is 9.75. The summed E-state index contributed by atoms with van der Waals surface area (Å²) in [5.41, 5.74) is 3.05. The van der Waals surface area contributed by atoms with Crippen molar-refractivity contribution < 1.29 is 14.6 Å². The minimum atomic E-state index is -0.796. The van der Waals surface area contributed by atoms with Crippen LogP contribution in [0.15, 0.2) is 60.0 Å². The number of carbonyl (C=O) groups is 1. The van der Waals surface area contributed by atoms with Gasteiger partial charge in [-0.3, -0.25) is 4.79 Å². The van der Waals surface area contributed by atoms with E-state index < -0.39 is 5.97 Å². The van der Waals surface area contributed by atoms with E-state index in [1.165, 1.54) is 11.8 Å². The highest BCUT2D eigenvalue weighted by atomic mass is 32.2. The van der Waals surface area contributed by atoms with E-state index in [4.69, 9.17) is 9.84 Å². The topological polar surface area (TPSA) is 59.4 Å². The molecule has 0 aliphatic rings. The van der Waals surface area contributed by atoms with E-state index in [1.807, 2.05) is 60.0 Å². The van der Waals surface area contributed by atoms with Crippen molar-refractivity contribution in [1.82, 2.24) is 4.98 Å². The fraction of sp³-hybridized carbons (Fsp3) is 0.158. The molecule has 0 unspecified atom stereocenters. The summed E-state index contributed by atoms with van der Waals surface area (Å²) in [7, 11) is 0. The number of ether oxygens (including phenoxy) is 1. The SMILES string of the molecule is O=C(O)CSCc1cccc(OCc2csc(-c3ccccc3)n2)c1. The number of hydrogen-bond acceptors (Lipinski definition) is 5. The Balaban J connectivity index is 1.57. The van der Waals surface area contributed by atoms with Gasteiger partial charge in [0.1, 0.15) is 17.4 Å². The molecule has 0 radical (unpaired) electrons. The van der Waals surface area contributed by atoms with Crippen molar-refractivity contribution in [2.24, 2.45) is 0 Å². The monoisotopic (exact) mass is 371 g/mol. The molecule has 4 nitrogen and oxygen atoms in total. The van der Waals surface area contributed by atoms with Crippen LogP contribution in [0.5, 0.6) is 5.75 Å². The Labute approximate surface area is 154 Å². The molecule has 3 rings (SSSR count). The van der Waals surface area contributed by atoms with E-state index in [0.29, 0.717) is 12.4 Å². The standard InChI is InChI=1S/C19H17NO3S2/c21-18(22)13-24-11-14-5-4-8-17(9-14)23-10-16-12-25-19(20-16)15-6-2-1-3-7-15/h1-9,12H,10-11,13H2,(H,21,22). The third-order valence-electron chi connectivity index (χ3n) is 3.35. The number of carboxylic acids is 1. The second-order valence-electron chi connectivity index (χ2n) is 5.33. The minimum Gasteiger partial charge on any atom is -0.487 e. The van der Waals surface area contributed by atoms with Gasteiger partial charge in [0.25, 0.3) is 0 Å². The molecule has 0 aliphatic heterocycles. The number of aromatic nitrogens is 1. The molecule has 25 heavy (non-hydrogen) atoms. The summed E-state index contributed by atoms with van der Waals surface area (Å²) in [4.78, 5) is 15.2. The van der Waals surface area contributed by atoms with Crippen LogP contribution in [-0.4, -0.2) is 21.8 Å². The summed E-state index contributed by atoms with van der Waals surface area (Å²) in [6, 6.07) is 17.8. The highest BCUT2D eigenvalue weighted by Gasteiger charge is 2.06. The predicted molar refractivity (Wildman–Crippen MR) is 102 cm³/mol. The molecule has 2 aromatic carbocycles. The van der Waals surface area contributed by atoms with E-state index in [0.717, 1.165) is 27.6 Å². The first-order valence-electron chi connectivity index (χ1n) is 7.72. The largest absolute Gasteiger partial charge is 0.487 e. The number of hydrogen-bond donors (Lipinski definition) is 1. The number of carboxylic acid groups (broad SMARTS) is 1. The lowest BCUT2D eigenvalue weighted by atomic mass is 10.2. The van der Waals surface area contributed by atoms with Gasteiger partial charge in [0, 0.05) is 16.7 Å². The molecule has 0 bridgehead atoms. The van der Waals surface area contributed by atoms with E-state index in [9.17, 15) is 4.79 Å². The maximum atomic E-state index is 10.6. The average Bonchev–Trinajstić information content (AvgIpc) is 3.10. The fourth-order valence-corrected chi connectivity index (χ4v) is 3.73. The van der Waals surface area contributed by atoms with Gasteiger partial charge in [0.05, 0.1) is 11.4 Å². The Morgan fingerprint density at radius 2 is 2.00 bits per heavy atom. The van der Waals surface area contributed by atoms with E-state index in [1.54, 1.807) is 11.3 Å². The van der Waals surface area contributed by atoms with E-state index >= 15 is 0 Å². The Morgan fingerprint density at radius 3 is 2.80 bits per heavy atom. The summed E-state index contributed by atoms with van der Waals surface area (Å²) in [6.45, 7) is 0.412. The molecular formula is C19H17NO3S2. The van der Waals surface area contributed by atoms with Gasteiger partial charge in [0.2, 0.25) is 0 Å². The molecule has 6 heteroatoms. The molecule has 3 aromatic rings. The molecule has 0 fully saturated rings. The lowest BCUT2D eigenvalue weighted by Crippen LogP contribution is -1.99. The lowest BCUT2D eigenvalue weighted by molar-refractivity contribution is -0.133. The molecule has 128 valence electrons. The van der Waals surface area contributed by atoms with Crippen molar-refractivity contribution in [2.45, 2.75) is 12.4 Å². The number of aliphatic carboxylic acids is 1. The van der Waals surface area contributed by atoms with Crippen LogP contribution >= 0.6 is 23.1 Å². The maximum absolute atomic E-state index is 10.6. The van der Waals surface area contributed by atoms with Gasteiger partial charge in [-0.15, -0.1) is 23.1 Å². The zero-order chi connectivity index (χ0) is 17.5. The van der Waals surface area contributed by atoms with Crippen LogP contribution in [0.1, 0.15) is 11.3 Å². The highest BCUT2D eigenvalue weighted by molar-refractivity contribution is 7.99. The van der Waals surface area contributed by atoms with Crippen molar-refractivity contribution in [1.29, 1.82) is 0 Å². The van der Waals surface area contributed by atoms with Crippen LogP contribution in [0, 0.1) is 0 Å². The first-order chi connectivity index (χ1) is 12.2. The molecule has 1 aromatic heterocycles. The third-order valence-corrected chi connectivity index (χ3v) is 5.28. The van der Waals surface area contributed by atoms with Gasteiger partial charge in [-0.2, -0.15) is 0 Å². The quantitative estimate of drug-likeness (QED) is 0.621. The van der Waals surface area contributed by atoms with Crippen molar-refractivity contribution in [3.63, 3.8) is 0 Å². The number of rotatable bonds is 8. The second kappa shape index (κ2) is 8.69. The summed E-state index contributed by atoms with van der Waals surface area (Å²) in [6.07, 6.45) is 0. The van der Waals surface area contributed by atoms with Crippen LogP contribution in [0.25, 0.3) is 10.6 Å². The lowest BCUT2D eigenvalue weighted by Gasteiger charge is -2.06. The molecule has 0 aliphatic carbocycles. The van der Waals surface area contributed by atoms with Crippen molar-refractivity contribution in [3.05, 3.63) is 71.2 Å². The van der Waals surface area contributed by atoms with Crippen molar-refractivity contribution in [3.8, 4) is 16.3 Å². The van der Waals surface area contributed by atoms with Crippen LogP contribution in [0.2, 0.25) is 0 Å². The maximum Gasteiger partial charge on any atom is 0.313 e. The Kier molecular flexibility index (Phi) is 6.09. The summed E-state index contributed by atoms with van der Waals surface area (Å²) in [5, 5.41) is 11.7. The third kappa shape index (κ3) is 5.34.